The van der Waals surface area contributed by atoms with Crippen LogP contribution in [-0.2, 0) is 0 Å². The van der Waals surface area contributed by atoms with Crippen molar-refractivity contribution in [3.63, 3.8) is 0 Å². The van der Waals surface area contributed by atoms with E-state index in [0.717, 1.165) is 5.56 Å². The topological polar surface area (TPSA) is 64.3 Å². The zero-order valence-corrected chi connectivity index (χ0v) is 17.2. The highest BCUT2D eigenvalue weighted by molar-refractivity contribution is 6.31. The lowest BCUT2D eigenvalue weighted by Crippen LogP contribution is -2.22. The van der Waals surface area contributed by atoms with Crippen molar-refractivity contribution in [1.82, 2.24) is 9.55 Å². The van der Waals surface area contributed by atoms with Crippen LogP contribution in [0.3, 0.4) is 0 Å². The number of phenolic OH excluding ortho intramolecular Hbond substituents is 1. The van der Waals surface area contributed by atoms with Crippen molar-refractivity contribution in [2.75, 3.05) is 7.11 Å². The van der Waals surface area contributed by atoms with Crippen LogP contribution in [0.1, 0.15) is 17.0 Å². The van der Waals surface area contributed by atoms with Crippen LogP contribution in [0.15, 0.2) is 65.5 Å². The van der Waals surface area contributed by atoms with Gasteiger partial charge in [-0.2, -0.15) is 0 Å². The molecule has 30 heavy (non-hydrogen) atoms. The normalized spacial score (nSPS) is 11.3. The van der Waals surface area contributed by atoms with Gasteiger partial charge < -0.3 is 9.84 Å². The number of phenols is 1. The van der Waals surface area contributed by atoms with E-state index in [4.69, 9.17) is 16.3 Å². The first-order chi connectivity index (χ1) is 14.5. The SMILES string of the molecule is COc1cccc(/C=C/c2nc3ccccc3c(=O)n2-c2ccc(Cl)c(C)c2)c1O. The number of halogens is 1. The molecule has 0 spiro atoms. The quantitative estimate of drug-likeness (QED) is 0.492. The predicted octanol–water partition coefficient (Wildman–Crippen LogP) is 5.23. The van der Waals surface area contributed by atoms with Crippen LogP contribution in [0.2, 0.25) is 5.02 Å². The summed E-state index contributed by atoms with van der Waals surface area (Å²) in [7, 11) is 1.49. The summed E-state index contributed by atoms with van der Waals surface area (Å²) >= 11 is 6.17. The molecule has 0 aliphatic carbocycles. The lowest BCUT2D eigenvalue weighted by Gasteiger charge is -2.13. The molecule has 3 aromatic carbocycles. The Bertz CT molecular complexity index is 1340. The van der Waals surface area contributed by atoms with Crippen molar-refractivity contribution in [2.45, 2.75) is 6.92 Å². The Morgan fingerprint density at radius 1 is 1.07 bits per heavy atom. The molecule has 0 fully saturated rings. The number of para-hydroxylation sites is 2. The van der Waals surface area contributed by atoms with Gasteiger partial charge in [0.15, 0.2) is 11.5 Å². The Balaban J connectivity index is 1.94. The molecule has 0 atom stereocenters. The van der Waals surface area contributed by atoms with Crippen molar-refractivity contribution in [1.29, 1.82) is 0 Å². The molecule has 0 aliphatic rings. The third kappa shape index (κ3) is 3.55. The number of methoxy groups -OCH3 is 1. The maximum atomic E-state index is 13.3. The minimum atomic E-state index is -0.183. The zero-order chi connectivity index (χ0) is 21.3. The number of rotatable bonds is 4. The first-order valence-electron chi connectivity index (χ1n) is 9.32. The molecule has 150 valence electrons. The number of hydrogen-bond donors (Lipinski definition) is 1. The Kier molecular flexibility index (Phi) is 5.29. The summed E-state index contributed by atoms with van der Waals surface area (Å²) in [6.45, 7) is 1.88. The van der Waals surface area contributed by atoms with Gasteiger partial charge >= 0.3 is 0 Å². The standard InChI is InChI=1S/C24H19ClN2O3/c1-15-14-17(11-12-19(15)25)27-22(26-20-8-4-3-7-18(20)24(27)29)13-10-16-6-5-9-21(30-2)23(16)28/h3-14,28H,1-2H3/b13-10+. The summed E-state index contributed by atoms with van der Waals surface area (Å²) in [5.41, 5.74) is 2.48. The highest BCUT2D eigenvalue weighted by Crippen LogP contribution is 2.30. The average molecular weight is 419 g/mol. The fraction of sp³-hybridized carbons (Fsp3) is 0.0833. The zero-order valence-electron chi connectivity index (χ0n) is 16.5. The van der Waals surface area contributed by atoms with Gasteiger partial charge in [0, 0.05) is 10.6 Å². The summed E-state index contributed by atoms with van der Waals surface area (Å²) in [4.78, 5) is 18.0. The Morgan fingerprint density at radius 3 is 2.63 bits per heavy atom. The van der Waals surface area contributed by atoms with E-state index in [1.165, 1.54) is 7.11 Å². The van der Waals surface area contributed by atoms with Crippen molar-refractivity contribution in [2.24, 2.45) is 0 Å². The van der Waals surface area contributed by atoms with Crippen LogP contribution in [-0.4, -0.2) is 21.8 Å². The van der Waals surface area contributed by atoms with Gasteiger partial charge in [0.25, 0.3) is 5.56 Å². The number of benzene rings is 3. The molecule has 0 saturated heterocycles. The van der Waals surface area contributed by atoms with E-state index in [1.807, 2.05) is 25.1 Å². The van der Waals surface area contributed by atoms with E-state index in [1.54, 1.807) is 59.2 Å². The van der Waals surface area contributed by atoms with E-state index >= 15 is 0 Å². The summed E-state index contributed by atoms with van der Waals surface area (Å²) in [5.74, 6) is 0.824. The van der Waals surface area contributed by atoms with Gasteiger partial charge in [0.05, 0.1) is 23.7 Å². The number of nitrogens with zero attached hydrogens (tertiary/aromatic N) is 2. The molecule has 0 amide bonds. The number of hydrogen-bond acceptors (Lipinski definition) is 4. The molecule has 0 aliphatic heterocycles. The van der Waals surface area contributed by atoms with Crippen LogP contribution in [0, 0.1) is 6.92 Å². The molecule has 1 aromatic heterocycles. The highest BCUT2D eigenvalue weighted by atomic mass is 35.5. The van der Waals surface area contributed by atoms with Gasteiger partial charge in [-0.25, -0.2) is 4.98 Å². The van der Waals surface area contributed by atoms with Gasteiger partial charge in [-0.15, -0.1) is 0 Å². The lowest BCUT2D eigenvalue weighted by molar-refractivity contribution is 0.373. The molecule has 1 N–H and O–H groups in total. The maximum Gasteiger partial charge on any atom is 0.266 e. The number of ether oxygens (including phenoxy) is 1. The Hall–Kier alpha value is -3.57. The van der Waals surface area contributed by atoms with E-state index in [-0.39, 0.29) is 11.3 Å². The lowest BCUT2D eigenvalue weighted by atomic mass is 10.1. The van der Waals surface area contributed by atoms with E-state index < -0.39 is 0 Å². The Labute approximate surface area is 178 Å². The van der Waals surface area contributed by atoms with Crippen molar-refractivity contribution in [3.8, 4) is 17.2 Å². The minimum absolute atomic E-state index is 0.0215. The monoisotopic (exact) mass is 418 g/mol. The summed E-state index contributed by atoms with van der Waals surface area (Å²) < 4.78 is 6.71. The second-order valence-electron chi connectivity index (χ2n) is 6.79. The van der Waals surface area contributed by atoms with Gasteiger partial charge in [-0.1, -0.05) is 35.9 Å². The molecule has 0 radical (unpaired) electrons. The highest BCUT2D eigenvalue weighted by Gasteiger charge is 2.12. The fourth-order valence-electron chi connectivity index (χ4n) is 3.28. The van der Waals surface area contributed by atoms with Gasteiger partial charge in [0.2, 0.25) is 0 Å². The minimum Gasteiger partial charge on any atom is -0.504 e. The van der Waals surface area contributed by atoms with Gasteiger partial charge in [-0.3, -0.25) is 9.36 Å². The van der Waals surface area contributed by atoms with Crippen LogP contribution in [0.4, 0.5) is 0 Å². The number of fused-ring (bicyclic) bond motifs is 1. The third-order valence-electron chi connectivity index (χ3n) is 4.86. The maximum absolute atomic E-state index is 13.3. The average Bonchev–Trinajstić information content (AvgIpc) is 2.75. The molecule has 4 rings (SSSR count). The number of aromatic hydroxyl groups is 1. The van der Waals surface area contributed by atoms with E-state index in [0.29, 0.717) is 38.8 Å². The third-order valence-corrected chi connectivity index (χ3v) is 5.29. The fourth-order valence-corrected chi connectivity index (χ4v) is 3.40. The summed E-state index contributed by atoms with van der Waals surface area (Å²) in [5, 5.41) is 11.5. The van der Waals surface area contributed by atoms with E-state index in [9.17, 15) is 9.90 Å². The van der Waals surface area contributed by atoms with Crippen molar-refractivity contribution >= 4 is 34.7 Å². The van der Waals surface area contributed by atoms with Crippen LogP contribution in [0.5, 0.6) is 11.5 Å². The van der Waals surface area contributed by atoms with Crippen LogP contribution in [0.25, 0.3) is 28.7 Å². The molecule has 0 saturated carbocycles. The van der Waals surface area contributed by atoms with Crippen LogP contribution >= 0.6 is 11.6 Å². The molecule has 1 heterocycles. The predicted molar refractivity (Wildman–Crippen MR) is 121 cm³/mol. The first-order valence-corrected chi connectivity index (χ1v) is 9.70. The van der Waals surface area contributed by atoms with Gasteiger partial charge in [0.1, 0.15) is 5.82 Å². The largest absolute Gasteiger partial charge is 0.504 e. The van der Waals surface area contributed by atoms with Crippen molar-refractivity contribution < 1.29 is 9.84 Å². The molecular weight excluding hydrogens is 400 g/mol. The molecule has 4 aromatic rings. The second kappa shape index (κ2) is 8.05. The van der Waals surface area contributed by atoms with E-state index in [2.05, 4.69) is 4.98 Å². The Morgan fingerprint density at radius 2 is 1.87 bits per heavy atom. The molecule has 0 bridgehead atoms. The van der Waals surface area contributed by atoms with Gasteiger partial charge in [-0.05, 0) is 61.0 Å². The molecule has 5 nitrogen and oxygen atoms in total. The molecule has 0 unspecified atom stereocenters. The summed E-state index contributed by atoms with van der Waals surface area (Å²) in [6.07, 6.45) is 3.40. The second-order valence-corrected chi connectivity index (χ2v) is 7.20. The summed E-state index contributed by atoms with van der Waals surface area (Å²) in [6, 6.07) is 17.8. The van der Waals surface area contributed by atoms with Crippen molar-refractivity contribution in [3.05, 3.63) is 93.0 Å². The number of aryl methyl sites for hydroxylation is 1. The first kappa shape index (κ1) is 19.7. The van der Waals surface area contributed by atoms with Crippen LogP contribution < -0.4 is 10.3 Å². The smallest absolute Gasteiger partial charge is 0.266 e. The molecular formula is C24H19ClN2O3. The molecule has 6 heteroatoms. The number of aromatic nitrogens is 2.